The van der Waals surface area contributed by atoms with Crippen molar-refractivity contribution in [2.45, 2.75) is 58.4 Å². The zero-order valence-electron chi connectivity index (χ0n) is 16.7. The number of imide groups is 1. The van der Waals surface area contributed by atoms with Crippen LogP contribution in [0.4, 0.5) is 10.5 Å². The summed E-state index contributed by atoms with van der Waals surface area (Å²) in [5.74, 6) is -0.436. The van der Waals surface area contributed by atoms with Gasteiger partial charge in [0.25, 0.3) is 5.91 Å². The minimum atomic E-state index is -0.744. The molecule has 3 rings (SSSR count). The minimum absolute atomic E-state index is 0.203. The van der Waals surface area contributed by atoms with E-state index in [-0.39, 0.29) is 24.4 Å². The molecule has 1 heterocycles. The fourth-order valence-electron chi connectivity index (χ4n) is 4.38. The molecular formula is C21H29N3O3. The third-order valence-electron chi connectivity index (χ3n) is 6.05. The van der Waals surface area contributed by atoms with Gasteiger partial charge in [0.15, 0.2) is 0 Å². The summed E-state index contributed by atoms with van der Waals surface area (Å²) in [6.07, 6.45) is 4.34. The van der Waals surface area contributed by atoms with Crippen LogP contribution in [0.5, 0.6) is 0 Å². The zero-order valence-corrected chi connectivity index (χ0v) is 16.7. The van der Waals surface area contributed by atoms with Crippen molar-refractivity contribution in [2.24, 2.45) is 0 Å². The summed E-state index contributed by atoms with van der Waals surface area (Å²) in [6.45, 7) is 6.13. The van der Waals surface area contributed by atoms with E-state index in [1.165, 1.54) is 0 Å². The van der Waals surface area contributed by atoms with Gasteiger partial charge in [-0.05, 0) is 50.8 Å². The van der Waals surface area contributed by atoms with Crippen molar-refractivity contribution in [3.05, 3.63) is 29.3 Å². The Hall–Kier alpha value is -2.37. The number of benzene rings is 1. The standard InChI is InChI=1S/C21H29N3O3/c1-5-23(17-13-15(2)9-10-16(17)3)18(25)14-24-19(26)21(22(4)20(24)27)11-7-6-8-12-21/h9-10,13H,5-8,11-12,14H2,1-4H3. The van der Waals surface area contributed by atoms with Crippen LogP contribution in [0, 0.1) is 13.8 Å². The number of carbonyl (C=O) groups is 3. The normalized spacial score (nSPS) is 19.1. The molecule has 0 radical (unpaired) electrons. The lowest BCUT2D eigenvalue weighted by atomic mass is 9.81. The van der Waals surface area contributed by atoms with Crippen molar-refractivity contribution in [3.63, 3.8) is 0 Å². The molecule has 1 aliphatic heterocycles. The van der Waals surface area contributed by atoms with Gasteiger partial charge in [-0.15, -0.1) is 0 Å². The topological polar surface area (TPSA) is 60.9 Å². The average molecular weight is 371 g/mol. The van der Waals surface area contributed by atoms with Crippen LogP contribution in [0.25, 0.3) is 0 Å². The Bertz CT molecular complexity index is 768. The molecule has 1 saturated heterocycles. The Morgan fingerprint density at radius 1 is 1.15 bits per heavy atom. The summed E-state index contributed by atoms with van der Waals surface area (Å²) < 4.78 is 0. The van der Waals surface area contributed by atoms with E-state index in [4.69, 9.17) is 0 Å². The molecule has 27 heavy (non-hydrogen) atoms. The van der Waals surface area contributed by atoms with Crippen LogP contribution >= 0.6 is 0 Å². The van der Waals surface area contributed by atoms with Crippen LogP contribution in [0.3, 0.4) is 0 Å². The maximum atomic E-state index is 13.1. The number of urea groups is 1. The van der Waals surface area contributed by atoms with Crippen molar-refractivity contribution in [2.75, 3.05) is 25.0 Å². The van der Waals surface area contributed by atoms with E-state index in [2.05, 4.69) is 0 Å². The first-order valence-electron chi connectivity index (χ1n) is 9.79. The van der Waals surface area contributed by atoms with Gasteiger partial charge in [-0.2, -0.15) is 0 Å². The molecule has 0 bridgehead atoms. The maximum Gasteiger partial charge on any atom is 0.327 e. The van der Waals surface area contributed by atoms with E-state index in [0.29, 0.717) is 19.4 Å². The zero-order chi connectivity index (χ0) is 19.8. The minimum Gasteiger partial charge on any atom is -0.313 e. The van der Waals surface area contributed by atoms with Crippen LogP contribution < -0.4 is 4.90 Å². The van der Waals surface area contributed by atoms with Gasteiger partial charge in [-0.3, -0.25) is 14.5 Å². The molecule has 0 N–H and O–H groups in total. The number of anilines is 1. The van der Waals surface area contributed by atoms with Crippen molar-refractivity contribution in [1.82, 2.24) is 9.80 Å². The summed E-state index contributed by atoms with van der Waals surface area (Å²) in [6, 6.07) is 5.61. The monoisotopic (exact) mass is 371 g/mol. The highest BCUT2D eigenvalue weighted by molar-refractivity contribution is 6.10. The predicted octanol–water partition coefficient (Wildman–Crippen LogP) is 3.25. The molecule has 0 atom stereocenters. The second-order valence-corrected chi connectivity index (χ2v) is 7.75. The summed E-state index contributed by atoms with van der Waals surface area (Å²) in [5, 5.41) is 0. The van der Waals surface area contributed by atoms with Crippen molar-refractivity contribution >= 4 is 23.5 Å². The fourth-order valence-corrected chi connectivity index (χ4v) is 4.38. The predicted molar refractivity (Wildman–Crippen MR) is 105 cm³/mol. The number of carbonyl (C=O) groups excluding carboxylic acids is 3. The molecule has 2 aliphatic rings. The second kappa shape index (κ2) is 7.33. The quantitative estimate of drug-likeness (QED) is 0.763. The summed E-state index contributed by atoms with van der Waals surface area (Å²) >= 11 is 0. The van der Waals surface area contributed by atoms with Crippen LogP contribution in [0.1, 0.15) is 50.2 Å². The van der Waals surface area contributed by atoms with E-state index in [1.54, 1.807) is 16.8 Å². The Morgan fingerprint density at radius 2 is 1.81 bits per heavy atom. The largest absolute Gasteiger partial charge is 0.327 e. The number of rotatable bonds is 4. The summed E-state index contributed by atoms with van der Waals surface area (Å²) in [4.78, 5) is 43.3. The van der Waals surface area contributed by atoms with Gasteiger partial charge in [0.2, 0.25) is 5.91 Å². The molecule has 1 aliphatic carbocycles. The van der Waals surface area contributed by atoms with Crippen molar-refractivity contribution in [1.29, 1.82) is 0 Å². The van der Waals surface area contributed by atoms with Gasteiger partial charge >= 0.3 is 6.03 Å². The van der Waals surface area contributed by atoms with Crippen LogP contribution in [-0.2, 0) is 9.59 Å². The van der Waals surface area contributed by atoms with Crippen LogP contribution in [-0.4, -0.2) is 53.3 Å². The van der Waals surface area contributed by atoms with Gasteiger partial charge in [-0.25, -0.2) is 4.79 Å². The highest BCUT2D eigenvalue weighted by Gasteiger charge is 2.56. The van der Waals surface area contributed by atoms with Crippen LogP contribution in [0.15, 0.2) is 18.2 Å². The van der Waals surface area contributed by atoms with E-state index in [9.17, 15) is 14.4 Å². The van der Waals surface area contributed by atoms with Crippen molar-refractivity contribution < 1.29 is 14.4 Å². The average Bonchev–Trinajstić information content (AvgIpc) is 2.82. The summed E-state index contributed by atoms with van der Waals surface area (Å²) in [7, 11) is 1.69. The Balaban J connectivity index is 1.83. The SMILES string of the molecule is CCN(C(=O)CN1C(=O)N(C)C2(CCCCC2)C1=O)c1cc(C)ccc1C. The lowest BCUT2D eigenvalue weighted by molar-refractivity contribution is -0.136. The second-order valence-electron chi connectivity index (χ2n) is 7.75. The summed E-state index contributed by atoms with van der Waals surface area (Å²) in [5.41, 5.74) is 2.15. The molecule has 1 aromatic rings. The smallest absolute Gasteiger partial charge is 0.313 e. The van der Waals surface area contributed by atoms with Gasteiger partial charge in [-0.1, -0.05) is 31.4 Å². The lowest BCUT2D eigenvalue weighted by Crippen LogP contribution is -2.49. The van der Waals surface area contributed by atoms with Gasteiger partial charge in [0.05, 0.1) is 0 Å². The first kappa shape index (κ1) is 19.4. The number of aryl methyl sites for hydroxylation is 2. The molecule has 2 fully saturated rings. The maximum absolute atomic E-state index is 13.1. The highest BCUT2D eigenvalue weighted by atomic mass is 16.2. The lowest BCUT2D eigenvalue weighted by Gasteiger charge is -2.35. The number of hydrogen-bond acceptors (Lipinski definition) is 3. The highest BCUT2D eigenvalue weighted by Crippen LogP contribution is 2.39. The Kier molecular flexibility index (Phi) is 5.27. The third-order valence-corrected chi connectivity index (χ3v) is 6.05. The number of nitrogens with zero attached hydrogens (tertiary/aromatic N) is 3. The molecule has 6 heteroatoms. The molecular weight excluding hydrogens is 342 g/mol. The number of hydrogen-bond donors (Lipinski definition) is 0. The first-order valence-corrected chi connectivity index (χ1v) is 9.79. The molecule has 1 spiro atoms. The molecule has 6 nitrogen and oxygen atoms in total. The Morgan fingerprint density at radius 3 is 2.44 bits per heavy atom. The molecule has 1 aromatic carbocycles. The fraction of sp³-hybridized carbons (Fsp3) is 0.571. The van der Waals surface area contributed by atoms with Gasteiger partial charge in [0.1, 0.15) is 12.1 Å². The van der Waals surface area contributed by atoms with Gasteiger partial charge < -0.3 is 9.80 Å². The van der Waals surface area contributed by atoms with Crippen molar-refractivity contribution in [3.8, 4) is 0 Å². The Labute approximate surface area is 161 Å². The number of likely N-dealkylation sites (N-methyl/N-ethyl adjacent to an activating group) is 2. The molecule has 0 aromatic heterocycles. The van der Waals surface area contributed by atoms with E-state index in [0.717, 1.165) is 41.0 Å². The van der Waals surface area contributed by atoms with E-state index >= 15 is 0 Å². The molecule has 0 unspecified atom stereocenters. The van der Waals surface area contributed by atoms with E-state index < -0.39 is 5.54 Å². The molecule has 146 valence electrons. The molecule has 1 saturated carbocycles. The van der Waals surface area contributed by atoms with Crippen LogP contribution in [0.2, 0.25) is 0 Å². The first-order chi connectivity index (χ1) is 12.8. The third kappa shape index (κ3) is 3.22. The van der Waals surface area contributed by atoms with E-state index in [1.807, 2.05) is 39.0 Å². The molecule has 4 amide bonds. The number of amides is 4. The van der Waals surface area contributed by atoms with Gasteiger partial charge in [0, 0.05) is 19.3 Å².